The van der Waals surface area contributed by atoms with Gasteiger partial charge in [0.15, 0.2) is 0 Å². The Kier molecular flexibility index (Phi) is 2.00. The molecule has 2 rings (SSSR count). The molecule has 1 heteroatoms. The van der Waals surface area contributed by atoms with Gasteiger partial charge in [0.05, 0.1) is 0 Å². The number of hydrogen-bond donors (Lipinski definition) is 0. The Hall–Kier alpha value is 0.430. The van der Waals surface area contributed by atoms with Gasteiger partial charge in [-0.3, -0.25) is 0 Å². The second-order valence-electron chi connectivity index (χ2n) is 3.96. The SMILES string of the molecule is C1CCC2(C1)CCPCC2. The quantitative estimate of drug-likeness (QED) is 0.473. The van der Waals surface area contributed by atoms with Gasteiger partial charge in [0.1, 0.15) is 0 Å². The van der Waals surface area contributed by atoms with E-state index in [1.54, 1.807) is 38.0 Å². The van der Waals surface area contributed by atoms with Gasteiger partial charge in [-0.05, 0) is 43.4 Å². The zero-order valence-corrected chi connectivity index (χ0v) is 7.66. The highest BCUT2D eigenvalue weighted by molar-refractivity contribution is 7.38. The maximum atomic E-state index is 1.57. The van der Waals surface area contributed by atoms with Crippen LogP contribution in [0.5, 0.6) is 0 Å². The molecule has 0 unspecified atom stereocenters. The first-order chi connectivity index (χ1) is 4.91. The lowest BCUT2D eigenvalue weighted by Gasteiger charge is -2.32. The van der Waals surface area contributed by atoms with Crippen molar-refractivity contribution < 1.29 is 0 Å². The molecule has 2 aliphatic rings. The number of rotatable bonds is 0. The highest BCUT2D eigenvalue weighted by Gasteiger charge is 2.34. The lowest BCUT2D eigenvalue weighted by Crippen LogP contribution is -2.21. The molecular weight excluding hydrogens is 139 g/mol. The van der Waals surface area contributed by atoms with Crippen molar-refractivity contribution >= 4 is 8.58 Å². The third-order valence-corrected chi connectivity index (χ3v) is 4.54. The van der Waals surface area contributed by atoms with E-state index in [4.69, 9.17) is 0 Å². The fourth-order valence-corrected chi connectivity index (χ4v) is 4.25. The highest BCUT2D eigenvalue weighted by atomic mass is 31.1. The second-order valence-corrected chi connectivity index (χ2v) is 5.46. The molecule has 0 N–H and O–H groups in total. The molecule has 0 bridgehead atoms. The molecule has 0 aromatic rings. The summed E-state index contributed by atoms with van der Waals surface area (Å²) in [6.45, 7) is 0. The van der Waals surface area contributed by atoms with Crippen LogP contribution in [0.2, 0.25) is 0 Å². The zero-order valence-electron chi connectivity index (χ0n) is 6.66. The van der Waals surface area contributed by atoms with Crippen molar-refractivity contribution in [2.24, 2.45) is 5.41 Å². The smallest absolute Gasteiger partial charge is 0.0291 e. The minimum atomic E-state index is 0.880. The molecule has 1 aliphatic heterocycles. The van der Waals surface area contributed by atoms with E-state index in [-0.39, 0.29) is 0 Å². The van der Waals surface area contributed by atoms with Gasteiger partial charge < -0.3 is 0 Å². The molecule has 58 valence electrons. The van der Waals surface area contributed by atoms with E-state index >= 15 is 0 Å². The summed E-state index contributed by atoms with van der Waals surface area (Å²) in [7, 11) is 1.30. The Morgan fingerprint density at radius 2 is 1.40 bits per heavy atom. The first-order valence-electron chi connectivity index (χ1n) is 4.62. The molecule has 1 spiro atoms. The van der Waals surface area contributed by atoms with Crippen LogP contribution in [-0.4, -0.2) is 12.3 Å². The first-order valence-corrected chi connectivity index (χ1v) is 6.04. The van der Waals surface area contributed by atoms with E-state index in [9.17, 15) is 0 Å². The van der Waals surface area contributed by atoms with Gasteiger partial charge in [0, 0.05) is 0 Å². The molecule has 0 aromatic heterocycles. The van der Waals surface area contributed by atoms with Crippen molar-refractivity contribution in [1.29, 1.82) is 0 Å². The van der Waals surface area contributed by atoms with E-state index in [0.717, 1.165) is 5.41 Å². The summed E-state index contributed by atoms with van der Waals surface area (Å²) in [6.07, 6.45) is 12.5. The third-order valence-electron chi connectivity index (χ3n) is 3.33. The summed E-state index contributed by atoms with van der Waals surface area (Å²) >= 11 is 0. The van der Waals surface area contributed by atoms with Gasteiger partial charge >= 0.3 is 0 Å². The molecule has 0 nitrogen and oxygen atoms in total. The van der Waals surface area contributed by atoms with Crippen LogP contribution in [0.3, 0.4) is 0 Å². The maximum Gasteiger partial charge on any atom is -0.0291 e. The average molecular weight is 156 g/mol. The Morgan fingerprint density at radius 3 is 2.00 bits per heavy atom. The largest absolute Gasteiger partial charge is 0.122 e. The standard InChI is InChI=1S/C9H17P/c1-2-4-9(3-1)5-7-10-8-6-9/h10H,1-8H2. The van der Waals surface area contributed by atoms with Gasteiger partial charge in [0.2, 0.25) is 0 Å². The van der Waals surface area contributed by atoms with E-state index in [2.05, 4.69) is 0 Å². The predicted octanol–water partition coefficient (Wildman–Crippen LogP) is 3.02. The van der Waals surface area contributed by atoms with E-state index in [1.165, 1.54) is 21.4 Å². The van der Waals surface area contributed by atoms with Crippen molar-refractivity contribution in [3.05, 3.63) is 0 Å². The molecule has 2 fully saturated rings. The Bertz CT molecular complexity index is 106. The minimum Gasteiger partial charge on any atom is -0.122 e. The van der Waals surface area contributed by atoms with Gasteiger partial charge in [-0.1, -0.05) is 12.8 Å². The van der Waals surface area contributed by atoms with E-state index in [0.29, 0.717) is 0 Å². The van der Waals surface area contributed by atoms with Crippen LogP contribution in [0.4, 0.5) is 0 Å². The fraction of sp³-hybridized carbons (Fsp3) is 1.00. The van der Waals surface area contributed by atoms with Gasteiger partial charge in [-0.15, -0.1) is 8.58 Å². The Labute approximate surface area is 65.6 Å². The van der Waals surface area contributed by atoms with E-state index in [1.807, 2.05) is 0 Å². The molecule has 0 amide bonds. The van der Waals surface area contributed by atoms with Gasteiger partial charge in [-0.25, -0.2) is 0 Å². The normalized spacial score (nSPS) is 31.2. The van der Waals surface area contributed by atoms with Crippen LogP contribution in [0.25, 0.3) is 0 Å². The van der Waals surface area contributed by atoms with Crippen LogP contribution in [0, 0.1) is 5.41 Å². The lowest BCUT2D eigenvalue weighted by atomic mass is 9.80. The topological polar surface area (TPSA) is 0 Å². The van der Waals surface area contributed by atoms with Crippen LogP contribution in [-0.2, 0) is 0 Å². The summed E-state index contributed by atoms with van der Waals surface area (Å²) in [5.41, 5.74) is 0.880. The van der Waals surface area contributed by atoms with Crippen molar-refractivity contribution in [2.45, 2.75) is 38.5 Å². The van der Waals surface area contributed by atoms with Crippen LogP contribution in [0.1, 0.15) is 38.5 Å². The van der Waals surface area contributed by atoms with Crippen LogP contribution < -0.4 is 0 Å². The molecule has 1 saturated heterocycles. The molecule has 0 atom stereocenters. The molecule has 1 aliphatic carbocycles. The summed E-state index contributed by atoms with van der Waals surface area (Å²) < 4.78 is 0. The molecule has 10 heavy (non-hydrogen) atoms. The second kappa shape index (κ2) is 2.81. The van der Waals surface area contributed by atoms with Crippen molar-refractivity contribution in [2.75, 3.05) is 12.3 Å². The Morgan fingerprint density at radius 1 is 0.800 bits per heavy atom. The molecule has 0 aromatic carbocycles. The van der Waals surface area contributed by atoms with Crippen molar-refractivity contribution in [1.82, 2.24) is 0 Å². The van der Waals surface area contributed by atoms with E-state index < -0.39 is 0 Å². The summed E-state index contributed by atoms with van der Waals surface area (Å²) in [5, 5.41) is 0. The average Bonchev–Trinajstić information content (AvgIpc) is 2.39. The van der Waals surface area contributed by atoms with Crippen LogP contribution >= 0.6 is 8.58 Å². The summed E-state index contributed by atoms with van der Waals surface area (Å²) in [5.74, 6) is 0. The molecule has 1 saturated carbocycles. The summed E-state index contributed by atoms with van der Waals surface area (Å²) in [4.78, 5) is 0. The summed E-state index contributed by atoms with van der Waals surface area (Å²) in [6, 6.07) is 0. The Balaban J connectivity index is 1.98. The van der Waals surface area contributed by atoms with Crippen molar-refractivity contribution in [3.63, 3.8) is 0 Å². The lowest BCUT2D eigenvalue weighted by molar-refractivity contribution is 0.270. The zero-order chi connectivity index (χ0) is 6.86. The fourth-order valence-electron chi connectivity index (χ4n) is 2.58. The molecule has 0 radical (unpaired) electrons. The highest BCUT2D eigenvalue weighted by Crippen LogP contribution is 2.48. The first kappa shape index (κ1) is 7.10. The minimum absolute atomic E-state index is 0.880. The third kappa shape index (κ3) is 1.23. The van der Waals surface area contributed by atoms with Crippen molar-refractivity contribution in [3.8, 4) is 0 Å². The van der Waals surface area contributed by atoms with Gasteiger partial charge in [0.25, 0.3) is 0 Å². The molecular formula is C9H17P. The van der Waals surface area contributed by atoms with Crippen LogP contribution in [0.15, 0.2) is 0 Å². The predicted molar refractivity (Wildman–Crippen MR) is 48.2 cm³/mol. The van der Waals surface area contributed by atoms with Gasteiger partial charge in [-0.2, -0.15) is 0 Å². The monoisotopic (exact) mass is 156 g/mol. The number of hydrogen-bond acceptors (Lipinski definition) is 0. The maximum absolute atomic E-state index is 1.57. The molecule has 1 heterocycles.